The molecule has 0 bridgehead atoms. The Morgan fingerprint density at radius 2 is 1.96 bits per heavy atom. The van der Waals surface area contributed by atoms with Gasteiger partial charge >= 0.3 is 0 Å². The minimum atomic E-state index is -0.0637. The second-order valence-electron chi connectivity index (χ2n) is 6.48. The lowest BCUT2D eigenvalue weighted by Crippen LogP contribution is -2.39. The van der Waals surface area contributed by atoms with Crippen molar-refractivity contribution in [2.45, 2.75) is 46.1 Å². The average molecular weight is 394 g/mol. The number of guanidine groups is 1. The van der Waals surface area contributed by atoms with Crippen LogP contribution in [0.15, 0.2) is 33.8 Å². The van der Waals surface area contributed by atoms with Gasteiger partial charge in [0.15, 0.2) is 11.8 Å². The Morgan fingerprint density at radius 3 is 2.59 bits per heavy atom. The molecule has 0 radical (unpaired) electrons. The lowest BCUT2D eigenvalue weighted by molar-refractivity contribution is 0.230. The van der Waals surface area contributed by atoms with Crippen LogP contribution in [0, 0.1) is 0 Å². The van der Waals surface area contributed by atoms with E-state index in [2.05, 4.69) is 25.8 Å². The normalized spacial score (nSPS) is 12.9. The van der Waals surface area contributed by atoms with E-state index in [4.69, 9.17) is 20.9 Å². The fourth-order valence-corrected chi connectivity index (χ4v) is 2.36. The van der Waals surface area contributed by atoms with E-state index < -0.39 is 0 Å². The third-order valence-corrected chi connectivity index (χ3v) is 3.89. The van der Waals surface area contributed by atoms with Crippen molar-refractivity contribution in [1.29, 1.82) is 0 Å². The summed E-state index contributed by atoms with van der Waals surface area (Å²) in [6.45, 7) is 10.0. The van der Waals surface area contributed by atoms with Crippen LogP contribution in [0.2, 0.25) is 5.02 Å². The summed E-state index contributed by atoms with van der Waals surface area (Å²) in [5.74, 6) is 3.13. The predicted molar refractivity (Wildman–Crippen MR) is 108 cm³/mol. The van der Waals surface area contributed by atoms with Crippen LogP contribution in [0.4, 0.5) is 0 Å². The summed E-state index contributed by atoms with van der Waals surface area (Å²) in [5.41, 5.74) is 0. The highest BCUT2D eigenvalue weighted by atomic mass is 35.5. The van der Waals surface area contributed by atoms with Crippen molar-refractivity contribution < 1.29 is 9.26 Å². The molecule has 7 nitrogen and oxygen atoms in total. The van der Waals surface area contributed by atoms with E-state index in [-0.39, 0.29) is 12.0 Å². The Morgan fingerprint density at radius 1 is 1.22 bits per heavy atom. The Balaban J connectivity index is 1.80. The zero-order valence-electron chi connectivity index (χ0n) is 16.3. The van der Waals surface area contributed by atoms with Gasteiger partial charge < -0.3 is 19.9 Å². The van der Waals surface area contributed by atoms with Crippen molar-refractivity contribution in [2.24, 2.45) is 4.99 Å². The molecule has 0 saturated carbocycles. The van der Waals surface area contributed by atoms with Gasteiger partial charge in [-0.05, 0) is 38.1 Å². The van der Waals surface area contributed by atoms with Crippen molar-refractivity contribution >= 4 is 17.6 Å². The van der Waals surface area contributed by atoms with Crippen molar-refractivity contribution in [2.75, 3.05) is 19.6 Å². The standard InChI is InChI=1S/C19H28ClN5O2/c1-5-21-19(22-11-10-17-24-18(13(2)3)25-27-17)23-12-14(4)26-16-8-6-15(20)7-9-16/h6-9,13-14H,5,10-12H2,1-4H3,(H2,21,22,23). The molecule has 2 N–H and O–H groups in total. The number of aromatic nitrogens is 2. The van der Waals surface area contributed by atoms with E-state index in [1.165, 1.54) is 0 Å². The molecular weight excluding hydrogens is 366 g/mol. The minimum Gasteiger partial charge on any atom is -0.489 e. The van der Waals surface area contributed by atoms with Crippen molar-refractivity contribution in [1.82, 2.24) is 20.8 Å². The van der Waals surface area contributed by atoms with Gasteiger partial charge in [0.1, 0.15) is 11.9 Å². The van der Waals surface area contributed by atoms with Gasteiger partial charge in [-0.1, -0.05) is 30.6 Å². The first-order valence-corrected chi connectivity index (χ1v) is 9.62. The number of hydrogen-bond acceptors (Lipinski definition) is 5. The molecular formula is C19H28ClN5O2. The Labute approximate surface area is 165 Å². The number of nitrogens with one attached hydrogen (secondary N) is 2. The molecule has 1 aromatic heterocycles. The number of ether oxygens (including phenoxy) is 1. The van der Waals surface area contributed by atoms with Crippen LogP contribution in [0.25, 0.3) is 0 Å². The summed E-state index contributed by atoms with van der Waals surface area (Å²) in [4.78, 5) is 8.94. The van der Waals surface area contributed by atoms with Crippen LogP contribution in [-0.4, -0.2) is 41.8 Å². The zero-order chi connectivity index (χ0) is 19.6. The molecule has 2 aromatic rings. The molecule has 1 aromatic carbocycles. The van der Waals surface area contributed by atoms with Gasteiger partial charge in [-0.25, -0.2) is 4.99 Å². The van der Waals surface area contributed by atoms with E-state index >= 15 is 0 Å². The highest BCUT2D eigenvalue weighted by Gasteiger charge is 2.10. The topological polar surface area (TPSA) is 84.6 Å². The molecule has 2 rings (SSSR count). The van der Waals surface area contributed by atoms with Gasteiger partial charge in [-0.2, -0.15) is 4.98 Å². The third kappa shape index (κ3) is 7.46. The van der Waals surface area contributed by atoms with Crippen molar-refractivity contribution in [3.8, 4) is 5.75 Å². The van der Waals surface area contributed by atoms with Gasteiger partial charge in [0, 0.05) is 30.5 Å². The maximum atomic E-state index is 5.89. The molecule has 27 heavy (non-hydrogen) atoms. The van der Waals surface area contributed by atoms with Crippen LogP contribution in [0.1, 0.15) is 45.3 Å². The van der Waals surface area contributed by atoms with Crippen molar-refractivity contribution in [3.63, 3.8) is 0 Å². The van der Waals surface area contributed by atoms with Crippen LogP contribution >= 0.6 is 11.6 Å². The molecule has 0 amide bonds. The number of rotatable bonds is 9. The minimum absolute atomic E-state index is 0.0637. The maximum Gasteiger partial charge on any atom is 0.228 e. The lowest BCUT2D eigenvalue weighted by Gasteiger charge is -2.15. The number of halogens is 1. The summed E-state index contributed by atoms with van der Waals surface area (Å²) in [6.07, 6.45) is 0.576. The van der Waals surface area contributed by atoms with Crippen LogP contribution in [0.5, 0.6) is 5.75 Å². The third-order valence-electron chi connectivity index (χ3n) is 3.63. The summed E-state index contributed by atoms with van der Waals surface area (Å²) in [5, 5.41) is 11.1. The summed E-state index contributed by atoms with van der Waals surface area (Å²) < 4.78 is 11.1. The van der Waals surface area contributed by atoms with Gasteiger partial charge in [-0.3, -0.25) is 0 Å². The van der Waals surface area contributed by atoms with Crippen LogP contribution < -0.4 is 15.4 Å². The second-order valence-corrected chi connectivity index (χ2v) is 6.92. The highest BCUT2D eigenvalue weighted by molar-refractivity contribution is 6.30. The van der Waals surface area contributed by atoms with Crippen LogP contribution in [-0.2, 0) is 6.42 Å². The van der Waals surface area contributed by atoms with E-state index in [0.717, 1.165) is 24.1 Å². The Bertz CT molecular complexity index is 715. The van der Waals surface area contributed by atoms with Gasteiger partial charge in [0.05, 0.1) is 6.54 Å². The molecule has 0 aliphatic carbocycles. The quantitative estimate of drug-likeness (QED) is 0.501. The maximum absolute atomic E-state index is 5.89. The number of aliphatic imine (C=N–C) groups is 1. The Kier molecular flexibility index (Phi) is 8.39. The summed E-state index contributed by atoms with van der Waals surface area (Å²) in [7, 11) is 0. The smallest absolute Gasteiger partial charge is 0.228 e. The van der Waals surface area contributed by atoms with Gasteiger partial charge in [0.25, 0.3) is 0 Å². The predicted octanol–water partition coefficient (Wildman–Crippen LogP) is 3.41. The molecule has 8 heteroatoms. The first-order valence-electron chi connectivity index (χ1n) is 9.24. The first-order chi connectivity index (χ1) is 13.0. The summed E-state index contributed by atoms with van der Waals surface area (Å²) in [6, 6.07) is 7.31. The van der Waals surface area contributed by atoms with Gasteiger partial charge in [-0.15, -0.1) is 0 Å². The summed E-state index contributed by atoms with van der Waals surface area (Å²) >= 11 is 5.89. The molecule has 148 valence electrons. The average Bonchev–Trinajstić information content (AvgIpc) is 3.11. The molecule has 1 unspecified atom stereocenters. The van der Waals surface area contributed by atoms with Gasteiger partial charge in [0.2, 0.25) is 5.89 Å². The Hall–Kier alpha value is -2.28. The molecule has 1 atom stereocenters. The molecule has 0 aliphatic rings. The fraction of sp³-hybridized carbons (Fsp3) is 0.526. The number of benzene rings is 1. The fourth-order valence-electron chi connectivity index (χ4n) is 2.24. The van der Waals surface area contributed by atoms with E-state index in [1.54, 1.807) is 12.1 Å². The zero-order valence-corrected chi connectivity index (χ0v) is 17.1. The van der Waals surface area contributed by atoms with E-state index in [0.29, 0.717) is 30.4 Å². The largest absolute Gasteiger partial charge is 0.489 e. The second kappa shape index (κ2) is 10.8. The van der Waals surface area contributed by atoms with E-state index in [9.17, 15) is 0 Å². The first kappa shape index (κ1) is 21.0. The molecule has 0 aliphatic heterocycles. The highest BCUT2D eigenvalue weighted by Crippen LogP contribution is 2.16. The van der Waals surface area contributed by atoms with Crippen LogP contribution in [0.3, 0.4) is 0 Å². The lowest BCUT2D eigenvalue weighted by atomic mass is 10.2. The SMILES string of the molecule is CCNC(=NCC(C)Oc1ccc(Cl)cc1)NCCc1nc(C(C)C)no1. The number of hydrogen-bond donors (Lipinski definition) is 2. The molecule has 0 saturated heterocycles. The molecule has 0 spiro atoms. The monoisotopic (exact) mass is 393 g/mol. The number of nitrogens with zero attached hydrogens (tertiary/aromatic N) is 3. The molecule has 1 heterocycles. The van der Waals surface area contributed by atoms with Crippen molar-refractivity contribution in [3.05, 3.63) is 41.0 Å². The van der Waals surface area contributed by atoms with E-state index in [1.807, 2.05) is 39.8 Å². The molecule has 0 fully saturated rings.